The molecule has 5 atom stereocenters. The molecule has 0 bridgehead atoms. The normalized spacial score (nSPS) is 34.8. The number of rotatable bonds is 4. The Morgan fingerprint density at radius 3 is 2.62 bits per heavy atom. The van der Waals surface area contributed by atoms with Crippen molar-refractivity contribution in [3.05, 3.63) is 35.1 Å². The number of aliphatic hydroxyl groups is 1. The van der Waals surface area contributed by atoms with E-state index in [4.69, 9.17) is 0 Å². The number of ketones is 1. The van der Waals surface area contributed by atoms with Gasteiger partial charge in [0.25, 0.3) is 0 Å². The second-order valence-electron chi connectivity index (χ2n) is 8.98. The van der Waals surface area contributed by atoms with Gasteiger partial charge in [-0.05, 0) is 31.3 Å². The van der Waals surface area contributed by atoms with Crippen molar-refractivity contribution in [1.82, 2.24) is 0 Å². The number of hydrogen-bond donors (Lipinski definition) is 3. The van der Waals surface area contributed by atoms with Crippen LogP contribution in [0.5, 0.6) is 0 Å². The van der Waals surface area contributed by atoms with Crippen LogP contribution in [0.2, 0.25) is 0 Å². The monoisotopic (exact) mass is 360 g/mol. The molecule has 0 radical (unpaired) electrons. The van der Waals surface area contributed by atoms with Gasteiger partial charge in [0.15, 0.2) is 11.8 Å². The number of carboxylic acid groups (broad SMARTS) is 1. The minimum absolute atomic E-state index is 0.00844. The number of nitrogens with one attached hydrogen (secondary N) is 1. The molecule has 2 aliphatic carbocycles. The van der Waals surface area contributed by atoms with E-state index < -0.39 is 17.6 Å². The molecular weight excluding hydrogens is 330 g/mol. The smallest absolute Gasteiger partial charge is 0.363 e. The predicted octanol–water partition coefficient (Wildman–Crippen LogP) is 1.50. The molecule has 5 nitrogen and oxygen atoms in total. The molecule has 3 N–H and O–H groups in total. The fourth-order valence-corrected chi connectivity index (χ4v) is 4.82. The maximum atomic E-state index is 13.1. The fourth-order valence-electron chi connectivity index (χ4n) is 4.82. The summed E-state index contributed by atoms with van der Waals surface area (Å²) in [4.78, 5) is 25.7. The van der Waals surface area contributed by atoms with E-state index in [0.29, 0.717) is 23.3 Å². The van der Waals surface area contributed by atoms with Crippen molar-refractivity contribution < 1.29 is 24.7 Å². The lowest BCUT2D eigenvalue weighted by Gasteiger charge is -2.42. The Bertz CT molecular complexity index is 741. The van der Waals surface area contributed by atoms with Crippen LogP contribution in [0, 0.1) is 17.3 Å². The lowest BCUT2D eigenvalue weighted by molar-refractivity contribution is -0.864. The molecule has 1 saturated carbocycles. The first-order chi connectivity index (χ1) is 12.0. The highest BCUT2D eigenvalue weighted by Gasteiger charge is 2.54. The quantitative estimate of drug-likeness (QED) is 0.710. The summed E-state index contributed by atoms with van der Waals surface area (Å²) in [6, 6.07) is -0.602. The second kappa shape index (κ2) is 6.17. The van der Waals surface area contributed by atoms with Gasteiger partial charge in [-0.25, -0.2) is 4.79 Å². The standard InChI is InChI=1S/C21H29NO4/c1-6-12(2)17(19(24)25)22-8-7-15-14(11-22)18(23)13-9-20(3,4)10-16(13)21(15,5)26/h7,9,11-12,16-17,26H,6,8,10H2,1-5H3,(H,24,25)/p+1/t12-,16-,17-,21-/m0/s1. The third-order valence-corrected chi connectivity index (χ3v) is 6.42. The molecule has 0 amide bonds. The largest absolute Gasteiger partial charge is 0.477 e. The average Bonchev–Trinajstić information content (AvgIpc) is 2.89. The number of quaternary nitrogens is 1. The van der Waals surface area contributed by atoms with Crippen LogP contribution in [-0.4, -0.2) is 40.2 Å². The van der Waals surface area contributed by atoms with Crippen molar-refractivity contribution in [3.8, 4) is 0 Å². The minimum atomic E-state index is -1.10. The van der Waals surface area contributed by atoms with Gasteiger partial charge in [-0.2, -0.15) is 0 Å². The van der Waals surface area contributed by atoms with Crippen molar-refractivity contribution in [2.75, 3.05) is 6.54 Å². The summed E-state index contributed by atoms with van der Waals surface area (Å²) < 4.78 is 0. The predicted molar refractivity (Wildman–Crippen MR) is 98.5 cm³/mol. The molecule has 5 heteroatoms. The van der Waals surface area contributed by atoms with Crippen LogP contribution < -0.4 is 4.90 Å². The van der Waals surface area contributed by atoms with Crippen molar-refractivity contribution >= 4 is 11.8 Å². The Hall–Kier alpha value is -1.72. The van der Waals surface area contributed by atoms with E-state index >= 15 is 0 Å². The van der Waals surface area contributed by atoms with Crippen LogP contribution in [0.25, 0.3) is 0 Å². The minimum Gasteiger partial charge on any atom is -0.477 e. The maximum Gasteiger partial charge on any atom is 0.363 e. The zero-order chi connectivity index (χ0) is 19.4. The Kier molecular flexibility index (Phi) is 4.52. The summed E-state index contributed by atoms with van der Waals surface area (Å²) in [6.07, 6.45) is 7.12. The lowest BCUT2D eigenvalue weighted by atomic mass is 9.67. The summed E-state index contributed by atoms with van der Waals surface area (Å²) >= 11 is 0. The first kappa shape index (κ1) is 19.1. The van der Waals surface area contributed by atoms with E-state index in [9.17, 15) is 19.8 Å². The zero-order valence-corrected chi connectivity index (χ0v) is 16.3. The number of carboxylic acids is 1. The van der Waals surface area contributed by atoms with Gasteiger partial charge >= 0.3 is 5.97 Å². The van der Waals surface area contributed by atoms with Gasteiger partial charge in [0.2, 0.25) is 0 Å². The van der Waals surface area contributed by atoms with Crippen LogP contribution in [0.15, 0.2) is 35.1 Å². The molecule has 0 aromatic carbocycles. The van der Waals surface area contributed by atoms with Gasteiger partial charge in [0, 0.05) is 23.0 Å². The molecule has 0 aromatic rings. The van der Waals surface area contributed by atoms with Crippen LogP contribution in [0.1, 0.15) is 47.5 Å². The molecule has 26 heavy (non-hydrogen) atoms. The highest BCUT2D eigenvalue weighted by atomic mass is 16.4. The molecule has 1 unspecified atom stereocenters. The molecular formula is C21H30NO4+. The molecule has 142 valence electrons. The first-order valence-corrected chi connectivity index (χ1v) is 9.50. The number of aliphatic carboxylic acids is 1. The number of hydrogen-bond acceptors (Lipinski definition) is 3. The molecule has 0 spiro atoms. The molecule has 1 fully saturated rings. The maximum absolute atomic E-state index is 13.1. The SMILES string of the molecule is CC[C@H](C)[C@@H](C(=O)O)[NH+]1C=C2C(=O)C3=CC(C)(C)C[C@@H]3[C@@](C)(O)C2=CC1. The number of fused-ring (bicyclic) bond motifs is 2. The average molecular weight is 360 g/mol. The Balaban J connectivity index is 2.04. The van der Waals surface area contributed by atoms with E-state index in [-0.39, 0.29) is 23.0 Å². The van der Waals surface area contributed by atoms with Crippen molar-refractivity contribution in [3.63, 3.8) is 0 Å². The third-order valence-electron chi connectivity index (χ3n) is 6.42. The molecule has 0 aromatic heterocycles. The lowest BCUT2D eigenvalue weighted by Crippen LogP contribution is -3.14. The fraction of sp³-hybridized carbons (Fsp3) is 0.619. The van der Waals surface area contributed by atoms with E-state index in [2.05, 4.69) is 13.8 Å². The summed E-state index contributed by atoms with van der Waals surface area (Å²) in [5, 5.41) is 20.9. The van der Waals surface area contributed by atoms with Gasteiger partial charge in [0.1, 0.15) is 12.7 Å². The molecule has 0 saturated heterocycles. The van der Waals surface area contributed by atoms with Crippen molar-refractivity contribution in [2.24, 2.45) is 17.3 Å². The molecule has 1 aliphatic heterocycles. The van der Waals surface area contributed by atoms with Crippen LogP contribution in [-0.2, 0) is 9.59 Å². The third kappa shape index (κ3) is 2.87. The zero-order valence-electron chi connectivity index (χ0n) is 16.3. The summed E-state index contributed by atoms with van der Waals surface area (Å²) in [6.45, 7) is 10.3. The highest BCUT2D eigenvalue weighted by molar-refractivity contribution is 6.14. The second-order valence-corrected chi connectivity index (χ2v) is 8.98. The Morgan fingerprint density at radius 2 is 2.04 bits per heavy atom. The van der Waals surface area contributed by atoms with E-state index in [1.54, 1.807) is 13.1 Å². The molecule has 3 aliphatic rings. The summed E-state index contributed by atoms with van der Waals surface area (Å²) in [5.74, 6) is -1.10. The van der Waals surface area contributed by atoms with E-state index in [0.717, 1.165) is 17.7 Å². The summed E-state index contributed by atoms with van der Waals surface area (Å²) in [7, 11) is 0. The van der Waals surface area contributed by atoms with Gasteiger partial charge in [-0.1, -0.05) is 33.8 Å². The number of allylic oxidation sites excluding steroid dienone is 1. The van der Waals surface area contributed by atoms with Crippen molar-refractivity contribution in [2.45, 2.75) is 59.1 Å². The first-order valence-electron chi connectivity index (χ1n) is 9.50. The van der Waals surface area contributed by atoms with Gasteiger partial charge in [-0.3, -0.25) is 9.69 Å². The number of carbonyl (C=O) groups excluding carboxylic acids is 1. The molecule has 1 heterocycles. The van der Waals surface area contributed by atoms with Gasteiger partial charge in [0.05, 0.1) is 11.2 Å². The van der Waals surface area contributed by atoms with E-state index in [1.165, 1.54) is 0 Å². The highest BCUT2D eigenvalue weighted by Crippen LogP contribution is 2.52. The summed E-state index contributed by atoms with van der Waals surface area (Å²) in [5.41, 5.74) is 0.603. The molecule has 3 rings (SSSR count). The van der Waals surface area contributed by atoms with Crippen molar-refractivity contribution in [1.29, 1.82) is 0 Å². The van der Waals surface area contributed by atoms with Crippen LogP contribution >= 0.6 is 0 Å². The van der Waals surface area contributed by atoms with Gasteiger partial charge < -0.3 is 10.2 Å². The Labute approximate surface area is 155 Å². The topological polar surface area (TPSA) is 79.0 Å². The van der Waals surface area contributed by atoms with Gasteiger partial charge in [-0.15, -0.1) is 0 Å². The Morgan fingerprint density at radius 1 is 1.38 bits per heavy atom. The van der Waals surface area contributed by atoms with Crippen LogP contribution in [0.4, 0.5) is 0 Å². The van der Waals surface area contributed by atoms with Crippen LogP contribution in [0.3, 0.4) is 0 Å². The number of Topliss-reactive ketones (excluding diaryl/α,β-unsaturated/α-hetero) is 1. The van der Waals surface area contributed by atoms with E-state index in [1.807, 2.05) is 26.0 Å². The number of carbonyl (C=O) groups is 2.